The Bertz CT molecular complexity index is 1190. The molecule has 214 valence electrons. The van der Waals surface area contributed by atoms with E-state index in [-0.39, 0.29) is 26.1 Å². The number of rotatable bonds is 9. The molecule has 1 aliphatic carbocycles. The minimum atomic E-state index is -2.26. The van der Waals surface area contributed by atoms with E-state index in [0.29, 0.717) is 17.3 Å². The van der Waals surface area contributed by atoms with Gasteiger partial charge in [-0.3, -0.25) is 9.69 Å². The van der Waals surface area contributed by atoms with Crippen LogP contribution in [0.5, 0.6) is 11.5 Å². The molecule has 0 aromatic heterocycles. The van der Waals surface area contributed by atoms with Crippen LogP contribution in [0.4, 0.5) is 0 Å². The largest absolute Gasteiger partial charge is 0.497 e. The van der Waals surface area contributed by atoms with Crippen molar-refractivity contribution in [3.05, 3.63) is 35.1 Å². The topological polar surface area (TPSA) is 135 Å². The normalized spacial score (nSPS) is 29.0. The van der Waals surface area contributed by atoms with Crippen LogP contribution in [0.3, 0.4) is 0 Å². The van der Waals surface area contributed by atoms with Gasteiger partial charge in [-0.15, -0.1) is 0 Å². The molecule has 1 aromatic rings. The third-order valence-electron chi connectivity index (χ3n) is 9.09. The van der Waals surface area contributed by atoms with E-state index in [1.807, 2.05) is 12.1 Å². The summed E-state index contributed by atoms with van der Waals surface area (Å²) in [5.41, 5.74) is -2.58. The van der Waals surface area contributed by atoms with Crippen LogP contribution in [-0.2, 0) is 30.9 Å². The number of esters is 1. The van der Waals surface area contributed by atoms with Crippen LogP contribution in [-0.4, -0.2) is 82.0 Å². The van der Waals surface area contributed by atoms with Crippen LogP contribution in [0, 0.1) is 0 Å². The van der Waals surface area contributed by atoms with Crippen molar-refractivity contribution in [3.8, 4) is 11.5 Å². The Morgan fingerprint density at radius 2 is 1.87 bits per heavy atom. The van der Waals surface area contributed by atoms with Gasteiger partial charge in [-0.25, -0.2) is 4.79 Å². The molecule has 3 N–H and O–H groups in total. The van der Waals surface area contributed by atoms with Gasteiger partial charge in [0.15, 0.2) is 23.2 Å². The predicted octanol–water partition coefficient (Wildman–Crippen LogP) is 2.67. The zero-order valence-electron chi connectivity index (χ0n) is 23.1. The van der Waals surface area contributed by atoms with Gasteiger partial charge >= 0.3 is 11.9 Å². The first-order valence-corrected chi connectivity index (χ1v) is 13.7. The van der Waals surface area contributed by atoms with E-state index in [1.165, 1.54) is 7.11 Å². The van der Waals surface area contributed by atoms with Gasteiger partial charge in [-0.1, -0.05) is 0 Å². The average Bonchev–Trinajstić information content (AvgIpc) is 3.52. The lowest BCUT2D eigenvalue weighted by Crippen LogP contribution is -2.59. The number of carboxylic acids is 1. The number of carbonyl (C=O) groups is 2. The number of ether oxygens (including phenoxy) is 4. The number of hydrogen-bond acceptors (Lipinski definition) is 9. The van der Waals surface area contributed by atoms with Gasteiger partial charge in [-0.2, -0.15) is 0 Å². The second kappa shape index (κ2) is 9.67. The molecule has 0 amide bonds. The molecule has 2 unspecified atom stereocenters. The van der Waals surface area contributed by atoms with Crippen LogP contribution in [0.25, 0.3) is 0 Å². The van der Waals surface area contributed by atoms with Crippen molar-refractivity contribution in [2.75, 3.05) is 27.0 Å². The van der Waals surface area contributed by atoms with E-state index in [0.717, 1.165) is 43.5 Å². The smallest absolute Gasteiger partial charge is 0.339 e. The summed E-state index contributed by atoms with van der Waals surface area (Å²) in [6, 6.07) is 3.97. The molecule has 1 aromatic carbocycles. The number of fused-ring (bicyclic) bond motifs is 3. The van der Waals surface area contributed by atoms with Crippen molar-refractivity contribution in [3.63, 3.8) is 0 Å². The fourth-order valence-electron chi connectivity index (χ4n) is 7.12. The summed E-state index contributed by atoms with van der Waals surface area (Å²) < 4.78 is 23.4. The Kier molecular flexibility index (Phi) is 6.88. The lowest BCUT2D eigenvalue weighted by Gasteiger charge is -2.48. The molecule has 3 aliphatic heterocycles. The summed E-state index contributed by atoms with van der Waals surface area (Å²) in [5, 5.41) is 31.0. The highest BCUT2D eigenvalue weighted by Crippen LogP contribution is 2.59. The predicted molar refractivity (Wildman–Crippen MR) is 139 cm³/mol. The van der Waals surface area contributed by atoms with Gasteiger partial charge in [0.05, 0.1) is 30.1 Å². The van der Waals surface area contributed by atoms with Crippen molar-refractivity contribution >= 4 is 11.9 Å². The molecule has 3 heterocycles. The number of hydrogen-bond donors (Lipinski definition) is 3. The van der Waals surface area contributed by atoms with E-state index >= 15 is 0 Å². The van der Waals surface area contributed by atoms with E-state index in [2.05, 4.69) is 17.9 Å². The SMILES string of the molecule is COC1=C[C@]23CCCN2CCc2cc4c(cc2C3(C)C1OC(=O)[C@@](O)(CCCC(C)(C)O)CC(=O)O)OCO4. The van der Waals surface area contributed by atoms with E-state index in [1.54, 1.807) is 13.8 Å². The molecule has 0 bridgehead atoms. The van der Waals surface area contributed by atoms with Crippen LogP contribution < -0.4 is 9.47 Å². The van der Waals surface area contributed by atoms with E-state index in [4.69, 9.17) is 18.9 Å². The number of aliphatic carboxylic acids is 1. The summed E-state index contributed by atoms with van der Waals surface area (Å²) in [7, 11) is 1.53. The van der Waals surface area contributed by atoms with Gasteiger partial charge in [0.1, 0.15) is 5.76 Å². The second-order valence-electron chi connectivity index (χ2n) is 12.1. The molecule has 4 aliphatic rings. The molecular formula is C29H39NO9. The molecule has 39 heavy (non-hydrogen) atoms. The first kappa shape index (κ1) is 27.7. The summed E-state index contributed by atoms with van der Waals surface area (Å²) >= 11 is 0. The van der Waals surface area contributed by atoms with Crippen molar-refractivity contribution in [2.24, 2.45) is 0 Å². The first-order chi connectivity index (χ1) is 18.3. The van der Waals surface area contributed by atoms with Crippen LogP contribution in [0.2, 0.25) is 0 Å². The molecule has 0 radical (unpaired) electrons. The highest BCUT2D eigenvalue weighted by atomic mass is 16.7. The van der Waals surface area contributed by atoms with Gasteiger partial charge in [0.25, 0.3) is 0 Å². The third-order valence-corrected chi connectivity index (χ3v) is 9.09. The monoisotopic (exact) mass is 545 g/mol. The molecule has 10 nitrogen and oxygen atoms in total. The van der Waals surface area contributed by atoms with Crippen LogP contribution >= 0.6 is 0 Å². The molecule has 4 atom stereocenters. The summed E-state index contributed by atoms with van der Waals surface area (Å²) in [4.78, 5) is 27.9. The van der Waals surface area contributed by atoms with Crippen LogP contribution in [0.1, 0.15) is 70.4 Å². The lowest BCUT2D eigenvalue weighted by molar-refractivity contribution is -0.180. The molecular weight excluding hydrogens is 506 g/mol. The minimum absolute atomic E-state index is 0.138. The first-order valence-electron chi connectivity index (χ1n) is 13.7. The second-order valence-corrected chi connectivity index (χ2v) is 12.1. The summed E-state index contributed by atoms with van der Waals surface area (Å²) in [6.07, 6.45) is 3.26. The Labute approximate surface area is 228 Å². The standard InChI is InChI=1S/C29H39NO9/c1-26(2,34)8-5-9-28(35,16-23(31)32)25(33)39-24-22(36-4)15-29-10-6-11-30(29)12-7-18-13-20-21(38-17-37-20)14-19(18)27(24,29)3/h13-15,24,34-35H,5-12,16-17H2,1-4H3,(H,31,32)/t24?,27?,28-,29+/m1/s1. The molecule has 1 saturated heterocycles. The highest BCUT2D eigenvalue weighted by Gasteiger charge is 2.66. The quantitative estimate of drug-likeness (QED) is 0.398. The zero-order chi connectivity index (χ0) is 28.2. The summed E-state index contributed by atoms with van der Waals surface area (Å²) in [5.74, 6) is -0.548. The maximum Gasteiger partial charge on any atom is 0.339 e. The van der Waals surface area contributed by atoms with Gasteiger partial charge in [-0.05, 0) is 95.2 Å². The van der Waals surface area contributed by atoms with Gasteiger partial charge in [0, 0.05) is 6.54 Å². The Hall–Kier alpha value is -2.82. The minimum Gasteiger partial charge on any atom is -0.497 e. The number of carbonyl (C=O) groups excluding carboxylic acids is 1. The van der Waals surface area contributed by atoms with Crippen molar-refractivity contribution in [1.29, 1.82) is 0 Å². The van der Waals surface area contributed by atoms with Crippen LogP contribution in [0.15, 0.2) is 24.0 Å². The Morgan fingerprint density at radius 3 is 2.54 bits per heavy atom. The fourth-order valence-corrected chi connectivity index (χ4v) is 7.12. The van der Waals surface area contributed by atoms with E-state index < -0.39 is 46.6 Å². The number of methoxy groups -OCH3 is 1. The van der Waals surface area contributed by atoms with Gasteiger partial charge < -0.3 is 34.3 Å². The van der Waals surface area contributed by atoms with Crippen molar-refractivity contribution < 1.29 is 43.9 Å². The highest BCUT2D eigenvalue weighted by molar-refractivity contribution is 5.85. The summed E-state index contributed by atoms with van der Waals surface area (Å²) in [6.45, 7) is 7.12. The molecule has 5 rings (SSSR count). The number of benzene rings is 1. The van der Waals surface area contributed by atoms with Gasteiger partial charge in [0.2, 0.25) is 6.79 Å². The lowest BCUT2D eigenvalue weighted by atomic mass is 9.65. The Morgan fingerprint density at radius 1 is 1.15 bits per heavy atom. The molecule has 1 fully saturated rings. The van der Waals surface area contributed by atoms with Crippen molar-refractivity contribution in [2.45, 2.75) is 94.0 Å². The fraction of sp³-hybridized carbons (Fsp3) is 0.655. The van der Waals surface area contributed by atoms with E-state index in [9.17, 15) is 24.9 Å². The molecule has 0 saturated carbocycles. The molecule has 1 spiro atoms. The third kappa shape index (κ3) is 4.56. The van der Waals surface area contributed by atoms with Crippen molar-refractivity contribution in [1.82, 2.24) is 4.90 Å². The number of aliphatic hydroxyl groups is 2. The number of nitrogens with zero attached hydrogens (tertiary/aromatic N) is 1. The zero-order valence-corrected chi connectivity index (χ0v) is 23.1. The maximum atomic E-state index is 13.7. The maximum absolute atomic E-state index is 13.7. The Balaban J connectivity index is 1.55. The molecule has 10 heteroatoms. The number of carboxylic acid groups (broad SMARTS) is 1. The average molecular weight is 546 g/mol.